The maximum Gasteiger partial charge on any atom is 0.284 e. The molecule has 164 valence electrons. The molecular formula is C21H19N5O5S. The van der Waals surface area contributed by atoms with Crippen LogP contribution in [0.25, 0.3) is 17.4 Å². The molecule has 1 aromatic carbocycles. The summed E-state index contributed by atoms with van der Waals surface area (Å²) in [4.78, 5) is 23.3. The Morgan fingerprint density at radius 3 is 2.88 bits per heavy atom. The van der Waals surface area contributed by atoms with Crippen molar-refractivity contribution in [2.45, 2.75) is 26.2 Å². The van der Waals surface area contributed by atoms with Gasteiger partial charge in [0.15, 0.2) is 0 Å². The number of carbonyl (C=O) groups excluding carboxylic acids is 1. The number of aromatic nitrogens is 2. The molecule has 0 radical (unpaired) electrons. The molecule has 0 aliphatic carbocycles. The van der Waals surface area contributed by atoms with Crippen molar-refractivity contribution in [3.63, 3.8) is 0 Å². The number of benzene rings is 1. The van der Waals surface area contributed by atoms with E-state index in [1.54, 1.807) is 6.07 Å². The molecule has 0 aliphatic heterocycles. The van der Waals surface area contributed by atoms with Gasteiger partial charge in [0.1, 0.15) is 33.9 Å². The molecular weight excluding hydrogens is 434 g/mol. The van der Waals surface area contributed by atoms with Gasteiger partial charge in [0.05, 0.1) is 23.7 Å². The first-order valence-corrected chi connectivity index (χ1v) is 10.4. The summed E-state index contributed by atoms with van der Waals surface area (Å²) in [5, 5.41) is 32.4. The molecule has 0 atom stereocenters. The average Bonchev–Trinajstić information content (AvgIpc) is 3.44. The van der Waals surface area contributed by atoms with Crippen LogP contribution in [0.5, 0.6) is 5.75 Å². The Balaban J connectivity index is 1.80. The van der Waals surface area contributed by atoms with Crippen LogP contribution in [0.1, 0.15) is 30.5 Å². The van der Waals surface area contributed by atoms with Gasteiger partial charge in [-0.05, 0) is 30.7 Å². The number of hydrogen-bond acceptors (Lipinski definition) is 9. The fraction of sp³-hybridized carbons (Fsp3) is 0.238. The van der Waals surface area contributed by atoms with Crippen molar-refractivity contribution in [3.05, 3.63) is 56.8 Å². The lowest BCUT2D eigenvalue weighted by atomic mass is 10.1. The Labute approximate surface area is 187 Å². The van der Waals surface area contributed by atoms with Crippen molar-refractivity contribution < 1.29 is 18.9 Å². The lowest BCUT2D eigenvalue weighted by molar-refractivity contribution is -0.384. The Kier molecular flexibility index (Phi) is 7.30. The third kappa shape index (κ3) is 5.35. The van der Waals surface area contributed by atoms with E-state index in [0.29, 0.717) is 10.9 Å². The number of nitro benzene ring substituents is 1. The second-order valence-corrected chi connectivity index (χ2v) is 7.63. The molecule has 1 amide bonds. The molecule has 3 rings (SSSR count). The van der Waals surface area contributed by atoms with E-state index in [0.717, 1.165) is 24.3 Å². The minimum Gasteiger partial charge on any atom is -0.497 e. The van der Waals surface area contributed by atoms with Gasteiger partial charge in [0, 0.05) is 12.5 Å². The lowest BCUT2D eigenvalue weighted by Gasteiger charge is -2.03. The van der Waals surface area contributed by atoms with Gasteiger partial charge in [-0.2, -0.15) is 5.26 Å². The van der Waals surface area contributed by atoms with E-state index in [4.69, 9.17) is 9.15 Å². The highest BCUT2D eigenvalue weighted by Gasteiger charge is 2.20. The van der Waals surface area contributed by atoms with Crippen LogP contribution >= 0.6 is 11.3 Å². The Bertz CT molecular complexity index is 1210. The molecule has 10 nitrogen and oxygen atoms in total. The van der Waals surface area contributed by atoms with Crippen LogP contribution in [0.2, 0.25) is 0 Å². The number of aryl methyl sites for hydroxylation is 1. The zero-order valence-corrected chi connectivity index (χ0v) is 18.1. The monoisotopic (exact) mass is 453 g/mol. The Hall–Kier alpha value is -4.04. The third-order valence-corrected chi connectivity index (χ3v) is 5.28. The lowest BCUT2D eigenvalue weighted by Crippen LogP contribution is -2.13. The van der Waals surface area contributed by atoms with E-state index in [1.807, 2.05) is 6.07 Å². The van der Waals surface area contributed by atoms with Crippen LogP contribution in [0.4, 0.5) is 10.8 Å². The second-order valence-electron chi connectivity index (χ2n) is 6.57. The Morgan fingerprint density at radius 1 is 1.38 bits per heavy atom. The number of nitrogens with one attached hydrogen (secondary N) is 1. The largest absolute Gasteiger partial charge is 0.497 e. The summed E-state index contributed by atoms with van der Waals surface area (Å²) in [6.45, 7) is 2.07. The van der Waals surface area contributed by atoms with E-state index in [9.17, 15) is 20.2 Å². The molecule has 0 bridgehead atoms. The number of carbonyl (C=O) groups is 1. The van der Waals surface area contributed by atoms with Crippen molar-refractivity contribution >= 4 is 34.1 Å². The number of furan rings is 1. The Morgan fingerprint density at radius 2 is 2.19 bits per heavy atom. The fourth-order valence-corrected chi connectivity index (χ4v) is 3.54. The SMILES string of the molecule is CCCCc1nnc(NC(=O)/C(C#N)=C\c2ccc(-c3ccc(OC)cc3[N+](=O)[O-])o2)s1. The molecule has 2 heterocycles. The predicted molar refractivity (Wildman–Crippen MR) is 118 cm³/mol. The van der Waals surface area contributed by atoms with Gasteiger partial charge in [-0.25, -0.2) is 0 Å². The molecule has 32 heavy (non-hydrogen) atoms. The van der Waals surface area contributed by atoms with Crippen LogP contribution in [0, 0.1) is 21.4 Å². The number of amides is 1. The van der Waals surface area contributed by atoms with Crippen molar-refractivity contribution in [1.29, 1.82) is 5.26 Å². The maximum atomic E-state index is 12.5. The highest BCUT2D eigenvalue weighted by Crippen LogP contribution is 2.34. The standard InChI is InChI=1S/C21H19N5O5S/c1-3-4-5-19-24-25-21(32-19)23-20(27)13(12-22)10-15-7-9-18(31-15)16-8-6-14(30-2)11-17(16)26(28)29/h6-11H,3-5H2,1-2H3,(H,23,25,27)/b13-10-. The zero-order valence-electron chi connectivity index (χ0n) is 17.3. The van der Waals surface area contributed by atoms with E-state index < -0.39 is 10.8 Å². The van der Waals surface area contributed by atoms with Crippen LogP contribution in [0.15, 0.2) is 40.3 Å². The summed E-state index contributed by atoms with van der Waals surface area (Å²) in [6, 6.07) is 9.24. The molecule has 0 saturated heterocycles. The molecule has 1 N–H and O–H groups in total. The van der Waals surface area contributed by atoms with Crippen LogP contribution < -0.4 is 10.1 Å². The number of rotatable bonds is 9. The number of nitro groups is 1. The maximum absolute atomic E-state index is 12.5. The van der Waals surface area contributed by atoms with Gasteiger partial charge < -0.3 is 9.15 Å². The van der Waals surface area contributed by atoms with Crippen molar-refractivity contribution in [2.75, 3.05) is 12.4 Å². The number of nitriles is 1. The molecule has 3 aromatic rings. The van der Waals surface area contributed by atoms with E-state index in [1.165, 1.54) is 48.8 Å². The number of methoxy groups -OCH3 is 1. The number of nitrogens with zero attached hydrogens (tertiary/aromatic N) is 4. The molecule has 0 fully saturated rings. The quantitative estimate of drug-likeness (QED) is 0.214. The number of ether oxygens (including phenoxy) is 1. The van der Waals surface area contributed by atoms with Gasteiger partial charge in [-0.15, -0.1) is 10.2 Å². The van der Waals surface area contributed by atoms with Crippen LogP contribution in [0.3, 0.4) is 0 Å². The highest BCUT2D eigenvalue weighted by atomic mass is 32.1. The first-order valence-electron chi connectivity index (χ1n) is 9.63. The number of hydrogen-bond donors (Lipinski definition) is 1. The van der Waals surface area contributed by atoms with Gasteiger partial charge in [-0.3, -0.25) is 20.2 Å². The molecule has 2 aromatic heterocycles. The van der Waals surface area contributed by atoms with Gasteiger partial charge in [0.2, 0.25) is 5.13 Å². The van der Waals surface area contributed by atoms with E-state index in [-0.39, 0.29) is 28.3 Å². The number of unbranched alkanes of at least 4 members (excludes halogenated alkanes) is 1. The van der Waals surface area contributed by atoms with Crippen molar-refractivity contribution in [1.82, 2.24) is 10.2 Å². The minimum absolute atomic E-state index is 0.192. The van der Waals surface area contributed by atoms with E-state index in [2.05, 4.69) is 22.4 Å². The van der Waals surface area contributed by atoms with Crippen LogP contribution in [-0.2, 0) is 11.2 Å². The van der Waals surface area contributed by atoms with Gasteiger partial charge in [-0.1, -0.05) is 24.7 Å². The normalized spacial score (nSPS) is 11.1. The summed E-state index contributed by atoms with van der Waals surface area (Å²) in [7, 11) is 1.41. The van der Waals surface area contributed by atoms with E-state index >= 15 is 0 Å². The summed E-state index contributed by atoms with van der Waals surface area (Å²) >= 11 is 1.26. The van der Waals surface area contributed by atoms with Crippen molar-refractivity contribution in [3.8, 4) is 23.1 Å². The molecule has 11 heteroatoms. The molecule has 0 spiro atoms. The van der Waals surface area contributed by atoms with Crippen molar-refractivity contribution in [2.24, 2.45) is 0 Å². The van der Waals surface area contributed by atoms with Gasteiger partial charge >= 0.3 is 0 Å². The molecule has 0 aliphatic rings. The fourth-order valence-electron chi connectivity index (χ4n) is 2.76. The molecule has 0 saturated carbocycles. The minimum atomic E-state index is -0.654. The topological polar surface area (TPSA) is 144 Å². The van der Waals surface area contributed by atoms with Crippen LogP contribution in [-0.4, -0.2) is 28.1 Å². The average molecular weight is 453 g/mol. The first-order chi connectivity index (χ1) is 15.4. The number of anilines is 1. The summed E-state index contributed by atoms with van der Waals surface area (Å²) < 4.78 is 10.7. The van der Waals surface area contributed by atoms with Gasteiger partial charge in [0.25, 0.3) is 11.6 Å². The highest BCUT2D eigenvalue weighted by molar-refractivity contribution is 7.15. The third-order valence-electron chi connectivity index (χ3n) is 4.38. The summed E-state index contributed by atoms with van der Waals surface area (Å²) in [5.41, 5.74) is -0.157. The molecule has 0 unspecified atom stereocenters. The zero-order chi connectivity index (χ0) is 23.1. The predicted octanol–water partition coefficient (Wildman–Crippen LogP) is 4.60. The smallest absolute Gasteiger partial charge is 0.284 e. The summed E-state index contributed by atoms with van der Waals surface area (Å²) in [6.07, 6.45) is 4.03. The second kappa shape index (κ2) is 10.3. The summed E-state index contributed by atoms with van der Waals surface area (Å²) in [5.74, 6) is 0.0925. The first kappa shape index (κ1) is 22.6.